The van der Waals surface area contributed by atoms with E-state index in [0.29, 0.717) is 65.7 Å². The molecule has 0 spiro atoms. The number of carbonyl (C=O) groups is 3. The van der Waals surface area contributed by atoms with Crippen LogP contribution in [0.15, 0.2) is 72.8 Å². The number of nitrogens with one attached hydrogen (secondary N) is 1. The SMILES string of the molecule is COC(=O)[C@@H](OC(C)(C)C)c1c(C)nc2[nH]c(C)c(C)c2c1-c1ccc(Cl)cc1.COC(=O)[C@@H](OC(C)(C)C)c1c(C)nc2c(c(C)c(C)n2CC2CC2(F)F)c1-c1ccc(Cl)cc1.Cc1nc2c(c(C)c(C)n2CC2CC2(F)F)c(-c2ccc(Cl)cc2)c1[C@H](OC(C)(C)C)C(=O)O.S.S.S. The highest BCUT2D eigenvalue weighted by molar-refractivity contribution is 7.59. The lowest BCUT2D eigenvalue weighted by atomic mass is 9.91. The number of rotatable bonds is 16. The third kappa shape index (κ3) is 18.1. The first kappa shape index (κ1) is 83.6. The zero-order valence-corrected chi connectivity index (χ0v) is 66.0. The van der Waals surface area contributed by atoms with Gasteiger partial charge in [0.2, 0.25) is 0 Å². The molecule has 2 aliphatic carbocycles. The van der Waals surface area contributed by atoms with Gasteiger partial charge in [0.15, 0.2) is 18.3 Å². The van der Waals surface area contributed by atoms with Crippen LogP contribution in [0.1, 0.15) is 161 Å². The number of hydrogen-bond donors (Lipinski definition) is 2. The molecule has 3 aromatic carbocycles. The fraction of sp³-hybridized carbons (Fsp3) is 0.447. The minimum absolute atomic E-state index is 0. The summed E-state index contributed by atoms with van der Waals surface area (Å²) < 4.78 is 87.6. The second kappa shape index (κ2) is 31.5. The average Bonchev–Trinajstić information content (AvgIpc) is 1.62. The maximum Gasteiger partial charge on any atom is 0.339 e. The van der Waals surface area contributed by atoms with E-state index in [9.17, 15) is 37.1 Å². The highest BCUT2D eigenvalue weighted by atomic mass is 35.5. The number of carboxylic acids is 1. The van der Waals surface area contributed by atoms with E-state index in [4.69, 9.17) is 73.4 Å². The summed E-state index contributed by atoms with van der Waals surface area (Å²) in [6.07, 6.45) is -3.45. The van der Waals surface area contributed by atoms with Crippen molar-refractivity contribution in [3.63, 3.8) is 0 Å². The zero-order valence-electron chi connectivity index (χ0n) is 60.7. The molecular formula is C76H93Cl3F4N6O9S3. The predicted octanol–water partition coefficient (Wildman–Crippen LogP) is 20.0. The van der Waals surface area contributed by atoms with E-state index < -0.39 is 76.7 Å². The number of pyridine rings is 3. The topological polar surface area (TPSA) is 182 Å². The Balaban J connectivity index is 0.000000236. The Hall–Kier alpha value is -6.34. The number of methoxy groups -OCH3 is 2. The van der Waals surface area contributed by atoms with Crippen molar-refractivity contribution in [3.05, 3.63) is 155 Å². The molecular weight excluding hydrogens is 1420 g/mol. The van der Waals surface area contributed by atoms with E-state index in [0.717, 1.165) is 83.4 Å². The van der Waals surface area contributed by atoms with Crippen molar-refractivity contribution in [1.82, 2.24) is 29.1 Å². The minimum atomic E-state index is -2.65. The Morgan fingerprint density at radius 1 is 0.505 bits per heavy atom. The molecule has 2 aliphatic rings. The van der Waals surface area contributed by atoms with Crippen LogP contribution in [0.2, 0.25) is 15.1 Å². The van der Waals surface area contributed by atoms with Gasteiger partial charge in [0.05, 0.1) is 31.0 Å². The molecule has 2 fully saturated rings. The molecule has 11 rings (SSSR count). The van der Waals surface area contributed by atoms with Gasteiger partial charge in [-0.15, -0.1) is 0 Å². The molecule has 5 atom stereocenters. The molecule has 0 saturated heterocycles. The maximum atomic E-state index is 13.8. The van der Waals surface area contributed by atoms with E-state index >= 15 is 0 Å². The van der Waals surface area contributed by atoms with Crippen LogP contribution in [0.5, 0.6) is 0 Å². The highest BCUT2D eigenvalue weighted by Crippen LogP contribution is 2.53. The summed E-state index contributed by atoms with van der Waals surface area (Å²) in [5, 5.41) is 14.4. The molecule has 0 aliphatic heterocycles. The molecule has 2 unspecified atom stereocenters. The van der Waals surface area contributed by atoms with Gasteiger partial charge in [0, 0.05) is 137 Å². The summed E-state index contributed by atoms with van der Waals surface area (Å²) >= 11 is 18.4. The number of alkyl halides is 4. The first-order valence-corrected chi connectivity index (χ1v) is 33.6. The maximum absolute atomic E-state index is 13.8. The normalized spacial score (nSPS) is 16.1. The van der Waals surface area contributed by atoms with Gasteiger partial charge < -0.3 is 42.9 Å². The largest absolute Gasteiger partial charge is 0.479 e. The summed E-state index contributed by atoms with van der Waals surface area (Å²) in [5.41, 5.74) is 14.1. The van der Waals surface area contributed by atoms with Crippen molar-refractivity contribution in [2.45, 2.75) is 198 Å². The Labute approximate surface area is 624 Å². The second-order valence-electron chi connectivity index (χ2n) is 28.7. The fourth-order valence-electron chi connectivity index (χ4n) is 12.7. The van der Waals surface area contributed by atoms with Crippen LogP contribution in [-0.2, 0) is 51.2 Å². The van der Waals surface area contributed by atoms with Gasteiger partial charge >= 0.3 is 17.9 Å². The number of nitrogens with zero attached hydrogens (tertiary/aromatic N) is 5. The Bertz CT molecular complexity index is 4560. The number of halogens is 7. The van der Waals surface area contributed by atoms with E-state index in [1.807, 2.05) is 155 Å². The standard InChI is InChI=1S/C27H31ClF2N2O3.C26H29ClF2N2O3.C23H27ClN2O3.3H2S/c1-14-16(3)32(13-18-12-27(18,29)30)24-20(14)22(17-8-10-19(28)11-9-17)21(15(2)31-24)23(25(33)34-7)35-26(4,5)6;1-13-15(3)31(12-17-11-26(17,28)29)23-19(13)21(16-7-9-18(27)10-8-16)20(14(2)30-23)22(24(32)33)34-25(4,5)6;1-12-13(2)25-21-17(12)19(15-8-10-16(24)11-9-15)18(14(3)26-21)20(22(27)28-7)29-23(4,5)6;;;/h8-11,18,23H,12-13H2,1-7H3;7-10,17,22H,11-12H2,1-6H3,(H,32,33);8-11,20H,1-7H3,(H,25,26);3*1H2/t18?,23-;17?,22-;20-;;;/m000.../s1. The van der Waals surface area contributed by atoms with E-state index in [1.54, 1.807) is 52.0 Å². The Kier molecular flexibility index (Phi) is 26.1. The molecule has 0 amide bonds. The van der Waals surface area contributed by atoms with Crippen molar-refractivity contribution < 1.29 is 60.7 Å². The van der Waals surface area contributed by atoms with Crippen LogP contribution in [0.3, 0.4) is 0 Å². The number of aryl methyl sites for hydroxylation is 7. The third-order valence-corrected chi connectivity index (χ3v) is 18.8. The van der Waals surface area contributed by atoms with Gasteiger partial charge in [-0.25, -0.2) is 46.9 Å². The number of carbonyl (C=O) groups excluding carboxylic acids is 2. The fourth-order valence-corrected chi connectivity index (χ4v) is 13.1. The van der Waals surface area contributed by atoms with E-state index in [1.165, 1.54) is 14.2 Å². The van der Waals surface area contributed by atoms with Gasteiger partial charge in [0.1, 0.15) is 16.9 Å². The summed E-state index contributed by atoms with van der Waals surface area (Å²) in [6.45, 7) is 34.3. The van der Waals surface area contributed by atoms with Gasteiger partial charge in [-0.3, -0.25) is 0 Å². The van der Waals surface area contributed by atoms with Crippen LogP contribution in [-0.4, -0.2) is 95.0 Å². The van der Waals surface area contributed by atoms with Crippen molar-refractivity contribution >= 4 is 126 Å². The minimum Gasteiger partial charge on any atom is -0.479 e. The summed E-state index contributed by atoms with van der Waals surface area (Å²) in [7, 11) is 2.70. The molecule has 2 N–H and O–H groups in total. The van der Waals surface area contributed by atoms with Gasteiger partial charge in [-0.2, -0.15) is 40.5 Å². The lowest BCUT2D eigenvalue weighted by Crippen LogP contribution is -2.29. The summed E-state index contributed by atoms with van der Waals surface area (Å²) in [4.78, 5) is 56.0. The number of aromatic nitrogens is 6. The number of aromatic amines is 1. The van der Waals surface area contributed by atoms with Crippen LogP contribution in [0.4, 0.5) is 17.6 Å². The van der Waals surface area contributed by atoms with Gasteiger partial charge in [0.25, 0.3) is 11.8 Å². The number of H-pyrrole nitrogens is 1. The number of aliphatic carboxylic acids is 1. The first-order valence-electron chi connectivity index (χ1n) is 32.4. The van der Waals surface area contributed by atoms with E-state index in [-0.39, 0.29) is 66.4 Å². The lowest BCUT2D eigenvalue weighted by Gasteiger charge is -2.29. The molecule has 9 aromatic rings. The van der Waals surface area contributed by atoms with Crippen LogP contribution >= 0.6 is 75.3 Å². The third-order valence-electron chi connectivity index (χ3n) is 18.0. The highest BCUT2D eigenvalue weighted by Gasteiger charge is 2.58. The molecule has 548 valence electrons. The van der Waals surface area contributed by atoms with Crippen LogP contribution in [0.25, 0.3) is 66.5 Å². The number of carboxylic acid groups (broad SMARTS) is 1. The first-order chi connectivity index (χ1) is 45.5. The average molecular weight is 1510 g/mol. The summed E-state index contributed by atoms with van der Waals surface area (Å²) in [6, 6.07) is 22.1. The lowest BCUT2D eigenvalue weighted by molar-refractivity contribution is -0.164. The number of fused-ring (bicyclic) bond motifs is 3. The molecule has 15 nitrogen and oxygen atoms in total. The predicted molar refractivity (Wildman–Crippen MR) is 409 cm³/mol. The quantitative estimate of drug-likeness (QED) is 0.0691. The van der Waals surface area contributed by atoms with Crippen LogP contribution in [0, 0.1) is 74.1 Å². The van der Waals surface area contributed by atoms with Crippen molar-refractivity contribution in [2.75, 3.05) is 14.2 Å². The molecule has 6 heterocycles. The Morgan fingerprint density at radius 2 is 0.792 bits per heavy atom. The monoisotopic (exact) mass is 1510 g/mol. The number of ether oxygens (including phenoxy) is 5. The molecule has 0 bridgehead atoms. The second-order valence-corrected chi connectivity index (χ2v) is 30.0. The zero-order chi connectivity index (χ0) is 72.5. The number of benzene rings is 3. The van der Waals surface area contributed by atoms with Crippen LogP contribution < -0.4 is 0 Å². The molecule has 25 heteroatoms. The Morgan fingerprint density at radius 3 is 1.08 bits per heavy atom. The molecule has 2 saturated carbocycles. The molecule has 101 heavy (non-hydrogen) atoms. The van der Waals surface area contributed by atoms with Crippen molar-refractivity contribution in [1.29, 1.82) is 0 Å². The van der Waals surface area contributed by atoms with Crippen molar-refractivity contribution in [2.24, 2.45) is 11.8 Å². The number of esters is 2. The molecule has 0 radical (unpaired) electrons. The molecule has 6 aromatic heterocycles. The summed E-state index contributed by atoms with van der Waals surface area (Å²) in [5.74, 6) is -8.83. The smallest absolute Gasteiger partial charge is 0.339 e. The van der Waals surface area contributed by atoms with Gasteiger partial charge in [-0.1, -0.05) is 71.2 Å². The number of hydrogen-bond acceptors (Lipinski definition) is 11. The van der Waals surface area contributed by atoms with Gasteiger partial charge in [-0.05, 0) is 194 Å². The van der Waals surface area contributed by atoms with Crippen molar-refractivity contribution in [3.8, 4) is 33.4 Å². The van der Waals surface area contributed by atoms with E-state index in [2.05, 4.69) is 4.98 Å².